The van der Waals surface area contributed by atoms with Crippen molar-refractivity contribution >= 4 is 21.9 Å². The van der Waals surface area contributed by atoms with E-state index in [2.05, 4.69) is 40.3 Å². The number of aromatic amines is 1. The molecule has 0 spiro atoms. The minimum Gasteiger partial charge on any atom is -0.256 e. The predicted molar refractivity (Wildman–Crippen MR) is 104 cm³/mol. The number of rotatable bonds is 2. The number of nitrogens with one attached hydrogen (secondary N) is 1. The first-order chi connectivity index (χ1) is 12.9. The van der Waals surface area contributed by atoms with Crippen molar-refractivity contribution in [3.8, 4) is 22.5 Å². The van der Waals surface area contributed by atoms with E-state index in [0.29, 0.717) is 0 Å². The molecule has 3 aromatic carbocycles. The van der Waals surface area contributed by atoms with E-state index < -0.39 is 0 Å². The van der Waals surface area contributed by atoms with Gasteiger partial charge in [0.1, 0.15) is 11.2 Å². The third kappa shape index (κ3) is 2.42. The minimum atomic E-state index is 0.934. The number of aromatic nitrogens is 3. The molecule has 0 unspecified atom stereocenters. The molecule has 0 aliphatic rings. The summed E-state index contributed by atoms with van der Waals surface area (Å²) in [7, 11) is 0. The smallest absolute Gasteiger partial charge is 0.239 e. The van der Waals surface area contributed by atoms with Gasteiger partial charge in [-0.1, -0.05) is 48.5 Å². The number of benzene rings is 3. The highest BCUT2D eigenvalue weighted by Crippen LogP contribution is 2.30. The molecule has 5 rings (SSSR count). The summed E-state index contributed by atoms with van der Waals surface area (Å²) in [6.07, 6.45) is 1.82. The summed E-state index contributed by atoms with van der Waals surface area (Å²) >= 11 is 0. The van der Waals surface area contributed by atoms with Gasteiger partial charge in [0.15, 0.2) is 0 Å². The molecule has 0 aliphatic heterocycles. The zero-order valence-electron chi connectivity index (χ0n) is 14.1. The van der Waals surface area contributed by atoms with Gasteiger partial charge in [-0.05, 0) is 36.4 Å². The molecule has 0 aliphatic carbocycles. The Morgan fingerprint density at radius 2 is 1.31 bits per heavy atom. The van der Waals surface area contributed by atoms with Crippen molar-refractivity contribution in [2.75, 3.05) is 0 Å². The van der Waals surface area contributed by atoms with E-state index in [1.807, 2.05) is 60.8 Å². The summed E-state index contributed by atoms with van der Waals surface area (Å²) in [6.45, 7) is 0. The second-order valence-electron chi connectivity index (χ2n) is 6.22. The predicted octanol–water partition coefficient (Wildman–Crippen LogP) is 4.93. The highest BCUT2D eigenvalue weighted by atomic mass is 14.8. The Hall–Kier alpha value is -3.59. The van der Waals surface area contributed by atoms with Crippen LogP contribution in [-0.4, -0.2) is 9.97 Å². The Labute approximate surface area is 151 Å². The van der Waals surface area contributed by atoms with Crippen LogP contribution in [0.3, 0.4) is 0 Å². The average Bonchev–Trinajstić information content (AvgIpc) is 2.74. The summed E-state index contributed by atoms with van der Waals surface area (Å²) in [6, 6.07) is 28.7. The molecule has 0 fully saturated rings. The Morgan fingerprint density at radius 1 is 0.615 bits per heavy atom. The van der Waals surface area contributed by atoms with Crippen molar-refractivity contribution in [2.45, 2.75) is 0 Å². The molecule has 1 N–H and O–H groups in total. The van der Waals surface area contributed by atoms with Gasteiger partial charge in [0.25, 0.3) is 0 Å². The van der Waals surface area contributed by atoms with Gasteiger partial charge in [-0.25, -0.2) is 9.97 Å². The van der Waals surface area contributed by atoms with E-state index in [4.69, 9.17) is 4.98 Å². The van der Waals surface area contributed by atoms with E-state index in [1.165, 1.54) is 0 Å². The van der Waals surface area contributed by atoms with Crippen LogP contribution in [0.2, 0.25) is 0 Å². The van der Waals surface area contributed by atoms with Gasteiger partial charge < -0.3 is 0 Å². The Morgan fingerprint density at radius 3 is 2.08 bits per heavy atom. The van der Waals surface area contributed by atoms with Crippen LogP contribution in [0, 0.1) is 0 Å². The maximum Gasteiger partial charge on any atom is 0.239 e. The Bertz CT molecular complexity index is 1220. The molecule has 5 aromatic rings. The number of fused-ring (bicyclic) bond motifs is 3. The molecule has 2 heterocycles. The molecule has 2 aromatic heterocycles. The molecular weight excluding hydrogens is 318 g/mol. The van der Waals surface area contributed by atoms with Crippen molar-refractivity contribution in [1.29, 1.82) is 0 Å². The van der Waals surface area contributed by atoms with Crippen LogP contribution in [0.5, 0.6) is 0 Å². The molecule has 3 heteroatoms. The highest BCUT2D eigenvalue weighted by Gasteiger charge is 2.20. The third-order valence-electron chi connectivity index (χ3n) is 4.59. The topological polar surface area (TPSA) is 39.9 Å². The van der Waals surface area contributed by atoms with Gasteiger partial charge in [0, 0.05) is 17.3 Å². The van der Waals surface area contributed by atoms with Crippen molar-refractivity contribution in [3.05, 3.63) is 91.1 Å². The van der Waals surface area contributed by atoms with Gasteiger partial charge in [-0.3, -0.25) is 4.98 Å². The fourth-order valence-corrected chi connectivity index (χ4v) is 3.34. The maximum absolute atomic E-state index is 5.01. The maximum atomic E-state index is 5.01. The first-order valence-electron chi connectivity index (χ1n) is 8.62. The van der Waals surface area contributed by atoms with Crippen LogP contribution in [0.4, 0.5) is 0 Å². The lowest BCUT2D eigenvalue weighted by atomic mass is 10.0. The molecule has 122 valence electrons. The number of nitrogens with zero attached hydrogens (tertiary/aromatic N) is 2. The first kappa shape index (κ1) is 14.7. The Balaban J connectivity index is 1.90. The van der Waals surface area contributed by atoms with E-state index in [9.17, 15) is 0 Å². The van der Waals surface area contributed by atoms with Gasteiger partial charge in [0.2, 0.25) is 11.2 Å². The normalized spacial score (nSPS) is 11.1. The SMILES string of the molecule is c1ccc(-c2nc3ccc4ncccc4c3[nH+]c2-c2ccccc2)cc1. The highest BCUT2D eigenvalue weighted by molar-refractivity contribution is 6.01. The zero-order valence-corrected chi connectivity index (χ0v) is 14.1. The van der Waals surface area contributed by atoms with Crippen LogP contribution in [0.15, 0.2) is 91.1 Å². The van der Waals surface area contributed by atoms with Crippen LogP contribution < -0.4 is 4.98 Å². The minimum absolute atomic E-state index is 0.934. The third-order valence-corrected chi connectivity index (χ3v) is 4.59. The molecular formula is C23H16N3+. The molecule has 3 nitrogen and oxygen atoms in total. The quantitative estimate of drug-likeness (QED) is 0.429. The number of pyridine rings is 1. The molecule has 0 radical (unpaired) electrons. The molecule has 0 atom stereocenters. The van der Waals surface area contributed by atoms with Gasteiger partial charge in [0.05, 0.1) is 10.9 Å². The lowest BCUT2D eigenvalue weighted by molar-refractivity contribution is -0.329. The molecule has 0 saturated heterocycles. The second kappa shape index (κ2) is 6.05. The number of hydrogen-bond acceptors (Lipinski definition) is 2. The monoisotopic (exact) mass is 334 g/mol. The summed E-state index contributed by atoms with van der Waals surface area (Å²) in [5.74, 6) is 0. The van der Waals surface area contributed by atoms with Crippen molar-refractivity contribution < 1.29 is 4.98 Å². The summed E-state index contributed by atoms with van der Waals surface area (Å²) in [5.41, 5.74) is 7.08. The number of H-pyrrole nitrogens is 1. The standard InChI is InChI=1S/C23H15N3/c1-3-8-16(9-4-1)21-22(17-10-5-2-6-11-17)26-23-18-12-7-15-24-19(18)13-14-20(23)25-21/h1-15H/p+1. The van der Waals surface area contributed by atoms with E-state index in [-0.39, 0.29) is 0 Å². The van der Waals surface area contributed by atoms with Crippen molar-refractivity contribution in [1.82, 2.24) is 9.97 Å². The van der Waals surface area contributed by atoms with Crippen LogP contribution >= 0.6 is 0 Å². The zero-order chi connectivity index (χ0) is 17.3. The van der Waals surface area contributed by atoms with Crippen molar-refractivity contribution in [3.63, 3.8) is 0 Å². The average molecular weight is 334 g/mol. The molecule has 0 bridgehead atoms. The summed E-state index contributed by atoms with van der Waals surface area (Å²) in [5, 5.41) is 1.08. The second-order valence-corrected chi connectivity index (χ2v) is 6.22. The van der Waals surface area contributed by atoms with E-state index in [0.717, 1.165) is 44.5 Å². The fourth-order valence-electron chi connectivity index (χ4n) is 3.34. The Kier molecular flexibility index (Phi) is 3.42. The van der Waals surface area contributed by atoms with Gasteiger partial charge >= 0.3 is 0 Å². The molecule has 0 amide bonds. The van der Waals surface area contributed by atoms with Crippen LogP contribution in [0.25, 0.3) is 44.5 Å². The molecule has 26 heavy (non-hydrogen) atoms. The van der Waals surface area contributed by atoms with Gasteiger partial charge in [-0.2, -0.15) is 0 Å². The fraction of sp³-hybridized carbons (Fsp3) is 0. The molecule has 0 saturated carbocycles. The van der Waals surface area contributed by atoms with Gasteiger partial charge in [-0.15, -0.1) is 0 Å². The van der Waals surface area contributed by atoms with Crippen molar-refractivity contribution in [2.24, 2.45) is 0 Å². The first-order valence-corrected chi connectivity index (χ1v) is 8.62. The van der Waals surface area contributed by atoms with Crippen LogP contribution in [-0.2, 0) is 0 Å². The number of hydrogen-bond donors (Lipinski definition) is 0. The summed E-state index contributed by atoms with van der Waals surface area (Å²) < 4.78 is 0. The van der Waals surface area contributed by atoms with E-state index >= 15 is 0 Å². The van der Waals surface area contributed by atoms with E-state index in [1.54, 1.807) is 0 Å². The van der Waals surface area contributed by atoms with Crippen LogP contribution in [0.1, 0.15) is 0 Å². The lowest BCUT2D eigenvalue weighted by Crippen LogP contribution is -2.13. The summed E-state index contributed by atoms with van der Waals surface area (Å²) in [4.78, 5) is 13.1. The largest absolute Gasteiger partial charge is 0.256 e. The lowest BCUT2D eigenvalue weighted by Gasteiger charge is -2.07.